The van der Waals surface area contributed by atoms with Crippen LogP contribution in [0.2, 0.25) is 0 Å². The quantitative estimate of drug-likeness (QED) is 0.206. The maximum atomic E-state index is 13.1. The maximum Gasteiger partial charge on any atom is 0.312 e. The third kappa shape index (κ3) is 12.6. The first-order valence-electron chi connectivity index (χ1n) is 12.7. The molecule has 0 heterocycles. The Morgan fingerprint density at radius 1 is 0.650 bits per heavy atom. The summed E-state index contributed by atoms with van der Waals surface area (Å²) in [5, 5.41) is 10.0. The van der Waals surface area contributed by atoms with Gasteiger partial charge in [0.25, 0.3) is 10.1 Å². The second kappa shape index (κ2) is 13.3. The van der Waals surface area contributed by atoms with Gasteiger partial charge in [0.2, 0.25) is 6.10 Å². The molecule has 0 unspecified atom stereocenters. The third-order valence-corrected chi connectivity index (χ3v) is 5.56. The predicted octanol–water partition coefficient (Wildman–Crippen LogP) is 3.32. The molecule has 0 aromatic heterocycles. The topological polar surface area (TPSA) is 172 Å². The van der Waals surface area contributed by atoms with Gasteiger partial charge in [-0.1, -0.05) is 0 Å². The standard InChI is InChI=1S/C27H45NO11S/c1-24(2,3)20(29)35-15-17(39-40(13,33)34)19(38-23(32)27(10,11)12)18(37-22(31)26(7,8)9)16(14-28)36-21(30)25(4,5)6/h16-19H,15H2,1-13H3/t16-,17+,18+,19+/m0/s1. The summed E-state index contributed by atoms with van der Waals surface area (Å²) in [5.74, 6) is -3.37. The highest BCUT2D eigenvalue weighted by Gasteiger charge is 2.48. The smallest absolute Gasteiger partial charge is 0.312 e. The van der Waals surface area contributed by atoms with Crippen molar-refractivity contribution in [3.63, 3.8) is 0 Å². The molecule has 40 heavy (non-hydrogen) atoms. The van der Waals surface area contributed by atoms with Crippen LogP contribution in [0.4, 0.5) is 0 Å². The van der Waals surface area contributed by atoms with Gasteiger partial charge in [-0.25, -0.2) is 0 Å². The number of nitrogens with zero attached hydrogens (tertiary/aromatic N) is 1. The number of carbonyl (C=O) groups excluding carboxylic acids is 4. The number of nitriles is 1. The molecule has 12 nitrogen and oxygen atoms in total. The van der Waals surface area contributed by atoms with Crippen LogP contribution in [0.1, 0.15) is 83.1 Å². The Bertz CT molecular complexity index is 1080. The normalized spacial score (nSPS) is 16.0. The first-order valence-corrected chi connectivity index (χ1v) is 14.5. The highest BCUT2D eigenvalue weighted by molar-refractivity contribution is 7.86. The summed E-state index contributed by atoms with van der Waals surface area (Å²) >= 11 is 0. The van der Waals surface area contributed by atoms with Gasteiger partial charge in [-0.2, -0.15) is 13.7 Å². The number of rotatable bonds is 10. The molecule has 0 aliphatic heterocycles. The van der Waals surface area contributed by atoms with Crippen molar-refractivity contribution in [2.75, 3.05) is 12.9 Å². The number of carbonyl (C=O) groups is 4. The average molecular weight is 592 g/mol. The first kappa shape index (κ1) is 37.3. The Morgan fingerprint density at radius 2 is 1.00 bits per heavy atom. The van der Waals surface area contributed by atoms with E-state index in [1.807, 2.05) is 0 Å². The van der Waals surface area contributed by atoms with Crippen molar-refractivity contribution in [1.29, 1.82) is 5.26 Å². The lowest BCUT2D eigenvalue weighted by Gasteiger charge is -2.36. The monoisotopic (exact) mass is 591 g/mol. The molecule has 0 bridgehead atoms. The van der Waals surface area contributed by atoms with Crippen molar-refractivity contribution in [1.82, 2.24) is 0 Å². The predicted molar refractivity (Wildman–Crippen MR) is 144 cm³/mol. The van der Waals surface area contributed by atoms with Gasteiger partial charge >= 0.3 is 23.9 Å². The zero-order chi connectivity index (χ0) is 32.1. The summed E-state index contributed by atoms with van der Waals surface area (Å²) in [7, 11) is -4.31. The van der Waals surface area contributed by atoms with Gasteiger partial charge in [0.1, 0.15) is 12.7 Å². The van der Waals surface area contributed by atoms with Crippen molar-refractivity contribution in [2.45, 2.75) is 108 Å². The molecule has 4 atom stereocenters. The number of hydrogen-bond acceptors (Lipinski definition) is 12. The van der Waals surface area contributed by atoms with E-state index >= 15 is 0 Å². The second-order valence-corrected chi connectivity index (χ2v) is 15.2. The fourth-order valence-electron chi connectivity index (χ4n) is 2.49. The minimum atomic E-state index is -4.31. The van der Waals surface area contributed by atoms with Gasteiger partial charge in [0.15, 0.2) is 18.3 Å². The molecule has 0 aromatic carbocycles. The molecular weight excluding hydrogens is 546 g/mol. The van der Waals surface area contributed by atoms with E-state index in [1.54, 1.807) is 26.8 Å². The molecule has 0 saturated heterocycles. The van der Waals surface area contributed by atoms with Crippen LogP contribution in [0.15, 0.2) is 0 Å². The molecule has 13 heteroatoms. The van der Waals surface area contributed by atoms with E-state index < -0.39 is 86.7 Å². The van der Waals surface area contributed by atoms with Crippen molar-refractivity contribution in [3.05, 3.63) is 0 Å². The first-order chi connectivity index (χ1) is 17.6. The Balaban J connectivity index is 7.14. The fourth-order valence-corrected chi connectivity index (χ4v) is 3.11. The van der Waals surface area contributed by atoms with E-state index in [1.165, 1.54) is 62.3 Å². The van der Waals surface area contributed by atoms with Crippen LogP contribution >= 0.6 is 0 Å². The van der Waals surface area contributed by atoms with Crippen LogP contribution in [0.5, 0.6) is 0 Å². The van der Waals surface area contributed by atoms with Gasteiger partial charge < -0.3 is 18.9 Å². The largest absolute Gasteiger partial charge is 0.462 e. The molecule has 0 spiro atoms. The Hall–Kier alpha value is -2.72. The zero-order valence-electron chi connectivity index (χ0n) is 25.9. The van der Waals surface area contributed by atoms with E-state index in [9.17, 15) is 32.9 Å². The molecule has 0 aromatic rings. The second-order valence-electron chi connectivity index (χ2n) is 13.6. The van der Waals surface area contributed by atoms with Gasteiger partial charge in [-0.15, -0.1) is 0 Å². The molecular formula is C27H45NO11S. The Kier molecular flexibility index (Phi) is 12.4. The van der Waals surface area contributed by atoms with Crippen molar-refractivity contribution in [2.24, 2.45) is 21.7 Å². The lowest BCUT2D eigenvalue weighted by atomic mass is 9.94. The SMILES string of the molecule is CC(C)(C)C(=O)OC[C@@H](OS(C)(=O)=O)[C@@H](OC(=O)C(C)(C)C)[C@H](OC(=O)C(C)(C)C)[C@H](C#N)OC(=O)C(C)(C)C. The van der Waals surface area contributed by atoms with Crippen molar-refractivity contribution < 1.29 is 50.7 Å². The lowest BCUT2D eigenvalue weighted by molar-refractivity contribution is -0.201. The summed E-state index contributed by atoms with van der Waals surface area (Å²) in [6, 6.07) is 1.74. The summed E-state index contributed by atoms with van der Waals surface area (Å²) in [6.45, 7) is 17.6. The van der Waals surface area contributed by atoms with E-state index in [2.05, 4.69) is 0 Å². The molecule has 0 radical (unpaired) electrons. The van der Waals surface area contributed by atoms with Crippen LogP contribution in [0, 0.1) is 33.0 Å². The Morgan fingerprint density at radius 3 is 1.32 bits per heavy atom. The lowest BCUT2D eigenvalue weighted by Crippen LogP contribution is -2.55. The minimum absolute atomic E-state index is 0.714. The average Bonchev–Trinajstić information content (AvgIpc) is 2.73. The summed E-state index contributed by atoms with van der Waals surface area (Å²) in [6.07, 6.45) is -6.71. The zero-order valence-corrected chi connectivity index (χ0v) is 26.7. The van der Waals surface area contributed by atoms with Crippen LogP contribution in [0.25, 0.3) is 0 Å². The number of esters is 4. The number of ether oxygens (including phenoxy) is 4. The molecule has 230 valence electrons. The van der Waals surface area contributed by atoms with Gasteiger partial charge in [-0.05, 0) is 83.1 Å². The van der Waals surface area contributed by atoms with E-state index in [4.69, 9.17) is 23.1 Å². The summed E-state index contributed by atoms with van der Waals surface area (Å²) in [4.78, 5) is 51.3. The van der Waals surface area contributed by atoms with E-state index in [-0.39, 0.29) is 0 Å². The third-order valence-electron chi connectivity index (χ3n) is 4.96. The highest BCUT2D eigenvalue weighted by atomic mass is 32.2. The Labute approximate surface area is 238 Å². The fraction of sp³-hybridized carbons (Fsp3) is 0.815. The van der Waals surface area contributed by atoms with Gasteiger partial charge in [0.05, 0.1) is 27.9 Å². The van der Waals surface area contributed by atoms with Crippen molar-refractivity contribution >= 4 is 34.0 Å². The minimum Gasteiger partial charge on any atom is -0.462 e. The van der Waals surface area contributed by atoms with Crippen molar-refractivity contribution in [3.8, 4) is 6.07 Å². The summed E-state index contributed by atoms with van der Waals surface area (Å²) < 4.78 is 51.6. The maximum absolute atomic E-state index is 13.1. The summed E-state index contributed by atoms with van der Waals surface area (Å²) in [5.41, 5.74) is -4.38. The van der Waals surface area contributed by atoms with E-state index in [0.717, 1.165) is 0 Å². The van der Waals surface area contributed by atoms with Gasteiger partial charge in [0, 0.05) is 0 Å². The molecule has 0 amide bonds. The molecule has 0 aliphatic carbocycles. The van der Waals surface area contributed by atoms with Gasteiger partial charge in [-0.3, -0.25) is 23.4 Å². The molecule has 0 aliphatic rings. The van der Waals surface area contributed by atoms with Crippen LogP contribution in [-0.2, 0) is 52.4 Å². The molecule has 0 rings (SSSR count). The molecule has 0 fully saturated rings. The van der Waals surface area contributed by atoms with Crippen LogP contribution in [0.3, 0.4) is 0 Å². The van der Waals surface area contributed by atoms with E-state index in [0.29, 0.717) is 6.26 Å². The van der Waals surface area contributed by atoms with Crippen LogP contribution < -0.4 is 0 Å². The highest BCUT2D eigenvalue weighted by Crippen LogP contribution is 2.28. The van der Waals surface area contributed by atoms with Crippen LogP contribution in [-0.4, -0.2) is 69.6 Å². The molecule has 0 saturated carbocycles. The number of hydrogen-bond donors (Lipinski definition) is 0. The molecule has 0 N–H and O–H groups in total.